The summed E-state index contributed by atoms with van der Waals surface area (Å²) in [5.74, 6) is 2.50. The molecule has 0 radical (unpaired) electrons. The molecule has 1 unspecified atom stereocenters. The van der Waals surface area contributed by atoms with Crippen molar-refractivity contribution in [3.63, 3.8) is 0 Å². The molecular formula is C24H27AsO4. The fraction of sp³-hybridized carbons (Fsp3) is 0.458. The summed E-state index contributed by atoms with van der Waals surface area (Å²) in [6, 6.07) is 12.4. The van der Waals surface area contributed by atoms with E-state index in [9.17, 15) is 15.0 Å². The second kappa shape index (κ2) is 7.39. The average Bonchev–Trinajstić information content (AvgIpc) is 2.67. The van der Waals surface area contributed by atoms with Crippen LogP contribution in [0.15, 0.2) is 42.5 Å². The van der Waals surface area contributed by atoms with Gasteiger partial charge in [0.25, 0.3) is 0 Å². The van der Waals surface area contributed by atoms with Crippen molar-refractivity contribution in [2.24, 2.45) is 17.8 Å². The van der Waals surface area contributed by atoms with Crippen LogP contribution in [0.1, 0.15) is 54.4 Å². The average molecular weight is 454 g/mol. The molecule has 5 heteroatoms. The molecular weight excluding hydrogens is 427 g/mol. The number of carbonyl (C=O) groups is 1. The number of esters is 1. The van der Waals surface area contributed by atoms with E-state index in [0.29, 0.717) is 5.56 Å². The van der Waals surface area contributed by atoms with Crippen molar-refractivity contribution in [2.45, 2.75) is 49.3 Å². The van der Waals surface area contributed by atoms with Gasteiger partial charge >= 0.3 is 178 Å². The molecule has 4 aliphatic carbocycles. The van der Waals surface area contributed by atoms with Crippen LogP contribution in [0, 0.1) is 17.8 Å². The topological polar surface area (TPSA) is 66.8 Å². The van der Waals surface area contributed by atoms with Crippen LogP contribution in [0.4, 0.5) is 0 Å². The Morgan fingerprint density at radius 2 is 1.59 bits per heavy atom. The van der Waals surface area contributed by atoms with Crippen LogP contribution >= 0.6 is 0 Å². The molecule has 4 bridgehead atoms. The first kappa shape index (κ1) is 19.1. The van der Waals surface area contributed by atoms with Crippen LogP contribution in [0.25, 0.3) is 0 Å². The Morgan fingerprint density at radius 1 is 0.966 bits per heavy atom. The molecule has 6 rings (SSSR count). The molecule has 0 amide bonds. The molecule has 29 heavy (non-hydrogen) atoms. The van der Waals surface area contributed by atoms with Gasteiger partial charge in [-0.2, -0.15) is 0 Å². The van der Waals surface area contributed by atoms with Crippen molar-refractivity contribution in [2.75, 3.05) is 0 Å². The number of hydrogen-bond acceptors (Lipinski definition) is 4. The molecule has 2 aromatic rings. The van der Waals surface area contributed by atoms with E-state index in [-0.39, 0.29) is 23.1 Å². The zero-order chi connectivity index (χ0) is 20.0. The first-order valence-corrected chi connectivity index (χ1v) is 13.1. The van der Waals surface area contributed by atoms with E-state index in [1.54, 1.807) is 6.07 Å². The van der Waals surface area contributed by atoms with Gasteiger partial charge in [-0.05, 0) is 0 Å². The quantitative estimate of drug-likeness (QED) is 0.413. The van der Waals surface area contributed by atoms with Gasteiger partial charge in [-0.25, -0.2) is 0 Å². The maximum absolute atomic E-state index is 12.8. The zero-order valence-corrected chi connectivity index (χ0v) is 18.5. The van der Waals surface area contributed by atoms with Crippen molar-refractivity contribution >= 4 is 26.1 Å². The molecule has 0 saturated heterocycles. The molecule has 152 valence electrons. The van der Waals surface area contributed by atoms with E-state index in [1.165, 1.54) is 35.7 Å². The Morgan fingerprint density at radius 3 is 2.21 bits per heavy atom. The molecule has 0 aliphatic heterocycles. The Balaban J connectivity index is 1.22. The number of carbonyl (C=O) groups excluding carboxylic acids is 1. The SMILES string of the molecule is O=C(OC12CC3CC(CC(C3)C1)C2)c1ccc([AsH]Cc2cc(O)ccc2O)cc1. The molecule has 0 aromatic heterocycles. The summed E-state index contributed by atoms with van der Waals surface area (Å²) in [5.41, 5.74) is 1.21. The fourth-order valence-corrected chi connectivity index (χ4v) is 8.31. The van der Waals surface area contributed by atoms with Crippen molar-refractivity contribution in [3.8, 4) is 11.5 Å². The van der Waals surface area contributed by atoms with E-state index >= 15 is 0 Å². The Kier molecular flexibility index (Phi) is 4.86. The Bertz CT molecular complexity index is 886. The monoisotopic (exact) mass is 454 g/mol. The predicted molar refractivity (Wildman–Crippen MR) is 113 cm³/mol. The number of phenols is 2. The van der Waals surface area contributed by atoms with Gasteiger partial charge in [-0.3, -0.25) is 0 Å². The molecule has 4 saturated carbocycles. The number of phenolic OH excluding ortho intramolecular Hbond substituents is 2. The van der Waals surface area contributed by atoms with Gasteiger partial charge in [0.15, 0.2) is 0 Å². The molecule has 4 fully saturated rings. The molecule has 0 spiro atoms. The normalized spacial score (nSPS) is 30.1. The fourth-order valence-electron chi connectivity index (χ4n) is 6.05. The van der Waals surface area contributed by atoms with Crippen molar-refractivity contribution in [1.29, 1.82) is 0 Å². The standard InChI is InChI=1S/C24H27AsO4/c26-21-5-6-22(27)19(10-21)14-25-20-3-1-18(2-4-20)23(28)29-24-11-15-7-16(12-24)9-17(8-15)13-24/h1-6,10,15-17,25-27H,7-9,11-14H2. The van der Waals surface area contributed by atoms with E-state index in [1.807, 2.05) is 24.3 Å². The Labute approximate surface area is 178 Å². The van der Waals surface area contributed by atoms with E-state index < -0.39 is 15.8 Å². The summed E-state index contributed by atoms with van der Waals surface area (Å²) in [7, 11) is 0. The van der Waals surface area contributed by atoms with Crippen molar-refractivity contribution in [1.82, 2.24) is 0 Å². The molecule has 4 aliphatic rings. The number of benzene rings is 2. The van der Waals surface area contributed by atoms with Crippen molar-refractivity contribution < 1.29 is 19.7 Å². The van der Waals surface area contributed by atoms with Gasteiger partial charge in [0, 0.05) is 0 Å². The Hall–Kier alpha value is -1.93. The van der Waals surface area contributed by atoms with E-state index in [2.05, 4.69) is 0 Å². The van der Waals surface area contributed by atoms with Crippen LogP contribution in [-0.2, 0) is 9.95 Å². The van der Waals surface area contributed by atoms with Crippen LogP contribution in [-0.4, -0.2) is 37.5 Å². The zero-order valence-electron chi connectivity index (χ0n) is 16.4. The van der Waals surface area contributed by atoms with Gasteiger partial charge in [-0.1, -0.05) is 0 Å². The molecule has 4 nitrogen and oxygen atoms in total. The molecule has 2 N–H and O–H groups in total. The summed E-state index contributed by atoms with van der Waals surface area (Å²) in [6.45, 7) is 0. The number of rotatable bonds is 5. The molecule has 0 heterocycles. The summed E-state index contributed by atoms with van der Waals surface area (Å²) in [6.07, 6.45) is 7.19. The van der Waals surface area contributed by atoms with Gasteiger partial charge in [-0.15, -0.1) is 0 Å². The van der Waals surface area contributed by atoms with Crippen LogP contribution in [0.5, 0.6) is 11.5 Å². The summed E-state index contributed by atoms with van der Waals surface area (Å²) < 4.78 is 7.35. The van der Waals surface area contributed by atoms with Crippen LogP contribution in [0.3, 0.4) is 0 Å². The van der Waals surface area contributed by atoms with Gasteiger partial charge < -0.3 is 0 Å². The van der Waals surface area contributed by atoms with Gasteiger partial charge in [0.05, 0.1) is 0 Å². The summed E-state index contributed by atoms with van der Waals surface area (Å²) in [4.78, 5) is 12.8. The molecule has 2 aromatic carbocycles. The van der Waals surface area contributed by atoms with Gasteiger partial charge in [0.1, 0.15) is 0 Å². The van der Waals surface area contributed by atoms with E-state index in [4.69, 9.17) is 4.74 Å². The first-order chi connectivity index (χ1) is 14.0. The van der Waals surface area contributed by atoms with Crippen LogP contribution < -0.4 is 4.35 Å². The van der Waals surface area contributed by atoms with E-state index in [0.717, 1.165) is 47.8 Å². The first-order valence-electron chi connectivity index (χ1n) is 10.6. The second-order valence-corrected chi connectivity index (χ2v) is 11.9. The van der Waals surface area contributed by atoms with Crippen molar-refractivity contribution in [3.05, 3.63) is 53.6 Å². The molecule has 1 atom stereocenters. The minimum atomic E-state index is -0.514. The number of aromatic hydroxyl groups is 2. The summed E-state index contributed by atoms with van der Waals surface area (Å²) in [5, 5.41) is 20.3. The number of hydrogen-bond donors (Lipinski definition) is 2. The number of ether oxygens (including phenoxy) is 1. The summed E-state index contributed by atoms with van der Waals surface area (Å²) >= 11 is -0.514. The predicted octanol–water partition coefficient (Wildman–Crippen LogP) is 3.49. The second-order valence-electron chi connectivity index (χ2n) is 9.23. The maximum atomic E-state index is 12.8. The third-order valence-electron chi connectivity index (χ3n) is 6.96. The van der Waals surface area contributed by atoms with Gasteiger partial charge in [0.2, 0.25) is 0 Å². The third kappa shape index (κ3) is 3.92. The minimum absolute atomic E-state index is 0.173. The van der Waals surface area contributed by atoms with Crippen LogP contribution in [0.2, 0.25) is 0 Å². The third-order valence-corrected chi connectivity index (χ3v) is 9.68.